The molecule has 1 aromatic carbocycles. The third-order valence-electron chi connectivity index (χ3n) is 5.77. The molecule has 0 aliphatic carbocycles. The summed E-state index contributed by atoms with van der Waals surface area (Å²) >= 11 is 14.6. The lowest BCUT2D eigenvalue weighted by molar-refractivity contribution is 0.198. The van der Waals surface area contributed by atoms with E-state index >= 15 is 0 Å². The second-order valence-electron chi connectivity index (χ2n) is 7.62. The predicted octanol–water partition coefficient (Wildman–Crippen LogP) is 5.61. The minimum Gasteiger partial charge on any atom is -0.340 e. The number of nitrogens with zero attached hydrogens (tertiary/aromatic N) is 4. The molecule has 0 unspecified atom stereocenters. The summed E-state index contributed by atoms with van der Waals surface area (Å²) < 4.78 is 3.92. The molecule has 1 aromatic heterocycles. The molecule has 28 heavy (non-hydrogen) atoms. The second kappa shape index (κ2) is 9.64. The van der Waals surface area contributed by atoms with Gasteiger partial charge in [0.25, 0.3) is 0 Å². The highest BCUT2D eigenvalue weighted by Gasteiger charge is 2.23. The fourth-order valence-electron chi connectivity index (χ4n) is 4.12. The molecule has 2 saturated heterocycles. The maximum absolute atomic E-state index is 4.86. The molecule has 2 aliphatic rings. The zero-order chi connectivity index (χ0) is 19.7. The number of rotatable bonds is 5. The number of H-pyrrole nitrogens is 1. The molecular weight excluding hydrogens is 618 g/mol. The van der Waals surface area contributed by atoms with E-state index in [1.807, 2.05) is 0 Å². The molecule has 9 heteroatoms. The van der Waals surface area contributed by atoms with E-state index in [9.17, 15) is 0 Å². The monoisotopic (exact) mass is 639 g/mol. The van der Waals surface area contributed by atoms with Crippen molar-refractivity contribution in [1.82, 2.24) is 19.8 Å². The van der Waals surface area contributed by atoms with E-state index in [-0.39, 0.29) is 0 Å². The van der Waals surface area contributed by atoms with Crippen molar-refractivity contribution in [2.45, 2.75) is 25.7 Å². The second-order valence-corrected chi connectivity index (χ2v) is 10.8. The minimum absolute atomic E-state index is 0.945. The first-order valence-electron chi connectivity index (χ1n) is 9.96. The van der Waals surface area contributed by atoms with Crippen LogP contribution in [0.1, 0.15) is 25.7 Å². The van der Waals surface area contributed by atoms with Crippen LogP contribution in [0.5, 0.6) is 0 Å². The SMILES string of the molecule is Brc1c(Br)c(Br)c2[nH]c(N3CCN(CCCN4CCCCC4)CC3)nc2c1Br. The number of likely N-dealkylation sites (tertiary alicyclic amines) is 1. The van der Waals surface area contributed by atoms with Gasteiger partial charge in [-0.2, -0.15) is 0 Å². The van der Waals surface area contributed by atoms with Gasteiger partial charge >= 0.3 is 0 Å². The lowest BCUT2D eigenvalue weighted by Gasteiger charge is -2.35. The van der Waals surface area contributed by atoms with Gasteiger partial charge in [0.1, 0.15) is 5.52 Å². The summed E-state index contributed by atoms with van der Waals surface area (Å²) in [5, 5.41) is 0. The van der Waals surface area contributed by atoms with Crippen molar-refractivity contribution in [2.75, 3.05) is 57.3 Å². The van der Waals surface area contributed by atoms with Crippen molar-refractivity contribution in [2.24, 2.45) is 0 Å². The number of piperazine rings is 1. The smallest absolute Gasteiger partial charge is 0.203 e. The molecule has 2 aliphatic heterocycles. The predicted molar refractivity (Wildman–Crippen MR) is 130 cm³/mol. The average Bonchev–Trinajstić information content (AvgIpc) is 3.18. The standard InChI is InChI=1S/C19H25Br4N5/c20-13-14(21)16(23)18-17(15(13)22)24-19(25-18)28-11-9-27(10-12-28)8-4-7-26-5-2-1-3-6-26/h1-12H2,(H,24,25). The topological polar surface area (TPSA) is 38.4 Å². The van der Waals surface area contributed by atoms with Gasteiger partial charge < -0.3 is 14.8 Å². The van der Waals surface area contributed by atoms with Crippen molar-refractivity contribution >= 4 is 80.7 Å². The van der Waals surface area contributed by atoms with Crippen LogP contribution in [0.4, 0.5) is 5.95 Å². The molecule has 0 spiro atoms. The Morgan fingerprint density at radius 2 is 1.32 bits per heavy atom. The van der Waals surface area contributed by atoms with Crippen LogP contribution in [-0.2, 0) is 0 Å². The molecule has 0 saturated carbocycles. The van der Waals surface area contributed by atoms with Crippen molar-refractivity contribution in [1.29, 1.82) is 0 Å². The van der Waals surface area contributed by atoms with Crippen molar-refractivity contribution in [3.63, 3.8) is 0 Å². The number of nitrogens with one attached hydrogen (secondary N) is 1. The molecule has 154 valence electrons. The Labute approximate surface area is 200 Å². The van der Waals surface area contributed by atoms with Gasteiger partial charge in [-0.3, -0.25) is 4.90 Å². The molecule has 5 nitrogen and oxygen atoms in total. The normalized spacial score (nSPS) is 19.6. The van der Waals surface area contributed by atoms with Gasteiger partial charge in [0.05, 0.1) is 14.5 Å². The summed E-state index contributed by atoms with van der Waals surface area (Å²) in [5.41, 5.74) is 1.96. The number of halogens is 4. The first-order chi connectivity index (χ1) is 13.5. The molecule has 4 rings (SSSR count). The largest absolute Gasteiger partial charge is 0.340 e. The number of benzene rings is 1. The van der Waals surface area contributed by atoms with E-state index in [1.54, 1.807) is 0 Å². The Hall–Kier alpha value is 0.330. The number of imidazole rings is 1. The third kappa shape index (κ3) is 4.64. The molecule has 3 heterocycles. The number of aromatic nitrogens is 2. The van der Waals surface area contributed by atoms with Crippen LogP contribution in [-0.4, -0.2) is 72.1 Å². The van der Waals surface area contributed by atoms with Crippen molar-refractivity contribution in [3.05, 3.63) is 17.9 Å². The molecule has 1 N–H and O–H groups in total. The number of aromatic amines is 1. The van der Waals surface area contributed by atoms with Crippen LogP contribution < -0.4 is 4.90 Å². The van der Waals surface area contributed by atoms with E-state index in [2.05, 4.69) is 83.4 Å². The number of anilines is 1. The summed E-state index contributed by atoms with van der Waals surface area (Å²) in [7, 11) is 0. The highest BCUT2D eigenvalue weighted by Crippen LogP contribution is 2.43. The number of piperidine rings is 1. The van der Waals surface area contributed by atoms with Gasteiger partial charge in [0, 0.05) is 35.1 Å². The summed E-state index contributed by atoms with van der Waals surface area (Å²) in [5.74, 6) is 0.953. The Kier molecular flexibility index (Phi) is 7.42. The van der Waals surface area contributed by atoms with Crippen molar-refractivity contribution in [3.8, 4) is 0 Å². The molecular formula is C19H25Br4N5. The van der Waals surface area contributed by atoms with Gasteiger partial charge in [0.2, 0.25) is 5.95 Å². The molecule has 0 radical (unpaired) electrons. The van der Waals surface area contributed by atoms with Crippen LogP contribution in [0, 0.1) is 0 Å². The highest BCUT2D eigenvalue weighted by atomic mass is 79.9. The summed E-state index contributed by atoms with van der Waals surface area (Å²) in [6.07, 6.45) is 5.47. The Balaban J connectivity index is 1.33. The van der Waals surface area contributed by atoms with Gasteiger partial charge in [0.15, 0.2) is 0 Å². The summed E-state index contributed by atoms with van der Waals surface area (Å²) in [4.78, 5) is 16.0. The van der Waals surface area contributed by atoms with Crippen LogP contribution in [0.2, 0.25) is 0 Å². The number of fused-ring (bicyclic) bond motifs is 1. The van der Waals surface area contributed by atoms with Gasteiger partial charge in [-0.1, -0.05) is 6.42 Å². The first kappa shape index (κ1) is 21.6. The third-order valence-corrected chi connectivity index (χ3v) is 10.5. The van der Waals surface area contributed by atoms with E-state index in [4.69, 9.17) is 4.98 Å². The van der Waals surface area contributed by atoms with Crippen LogP contribution in [0.15, 0.2) is 17.9 Å². The Morgan fingerprint density at radius 3 is 2.00 bits per heavy atom. The quantitative estimate of drug-likeness (QED) is 0.340. The van der Waals surface area contributed by atoms with E-state index < -0.39 is 0 Å². The van der Waals surface area contributed by atoms with E-state index in [0.717, 1.165) is 61.1 Å². The molecule has 0 atom stereocenters. The average molecular weight is 643 g/mol. The lowest BCUT2D eigenvalue weighted by atomic mass is 10.1. The Bertz CT molecular complexity index is 781. The van der Waals surface area contributed by atoms with E-state index in [0.29, 0.717) is 0 Å². The molecule has 0 bridgehead atoms. The first-order valence-corrected chi connectivity index (χ1v) is 13.1. The number of hydrogen-bond donors (Lipinski definition) is 1. The maximum Gasteiger partial charge on any atom is 0.203 e. The van der Waals surface area contributed by atoms with Gasteiger partial charge in [-0.25, -0.2) is 4.98 Å². The van der Waals surface area contributed by atoms with Crippen LogP contribution in [0.25, 0.3) is 11.0 Å². The van der Waals surface area contributed by atoms with E-state index in [1.165, 1.54) is 51.9 Å². The van der Waals surface area contributed by atoms with Crippen molar-refractivity contribution < 1.29 is 0 Å². The zero-order valence-corrected chi connectivity index (χ0v) is 22.1. The molecule has 2 aromatic rings. The minimum atomic E-state index is 0.945. The fourth-order valence-corrected chi connectivity index (χ4v) is 6.40. The molecule has 2 fully saturated rings. The summed E-state index contributed by atoms with van der Waals surface area (Å²) in [6.45, 7) is 9.31. The lowest BCUT2D eigenvalue weighted by Crippen LogP contribution is -2.47. The number of hydrogen-bond acceptors (Lipinski definition) is 4. The van der Waals surface area contributed by atoms with Gasteiger partial charge in [-0.15, -0.1) is 0 Å². The van der Waals surface area contributed by atoms with Gasteiger partial charge in [-0.05, 0) is 109 Å². The Morgan fingerprint density at radius 1 is 0.714 bits per heavy atom. The van der Waals surface area contributed by atoms with Crippen LogP contribution >= 0.6 is 63.7 Å². The maximum atomic E-state index is 4.86. The molecule has 0 amide bonds. The zero-order valence-electron chi connectivity index (χ0n) is 15.8. The fraction of sp³-hybridized carbons (Fsp3) is 0.632. The summed E-state index contributed by atoms with van der Waals surface area (Å²) in [6, 6.07) is 0. The van der Waals surface area contributed by atoms with Crippen LogP contribution in [0.3, 0.4) is 0 Å². The highest BCUT2D eigenvalue weighted by molar-refractivity contribution is 9.15.